The minimum Gasteiger partial charge on any atom is -0.465 e. The van der Waals surface area contributed by atoms with Gasteiger partial charge in [0.05, 0.1) is 24.4 Å². The first-order valence-corrected chi connectivity index (χ1v) is 13.6. The third kappa shape index (κ3) is 3.80. The summed E-state index contributed by atoms with van der Waals surface area (Å²) in [5.41, 5.74) is 3.91. The van der Waals surface area contributed by atoms with Gasteiger partial charge in [-0.25, -0.2) is 14.8 Å². The number of amides is 2. The minimum atomic E-state index is -0.995. The number of imide groups is 1. The third-order valence-electron chi connectivity index (χ3n) is 7.62. The van der Waals surface area contributed by atoms with E-state index in [2.05, 4.69) is 0 Å². The monoisotopic (exact) mass is 531 g/mol. The van der Waals surface area contributed by atoms with E-state index in [0.717, 1.165) is 53.1 Å². The van der Waals surface area contributed by atoms with Gasteiger partial charge in [0.25, 0.3) is 5.91 Å². The number of nitrogens with zero attached hydrogens (tertiary/aromatic N) is 3. The summed E-state index contributed by atoms with van der Waals surface area (Å²) < 4.78 is 5.10. The smallest absolute Gasteiger partial charge is 0.341 e. The van der Waals surface area contributed by atoms with Gasteiger partial charge in [0.1, 0.15) is 10.9 Å². The molecule has 2 fully saturated rings. The van der Waals surface area contributed by atoms with Gasteiger partial charge in [-0.3, -0.25) is 14.4 Å². The maximum Gasteiger partial charge on any atom is 0.341 e. The summed E-state index contributed by atoms with van der Waals surface area (Å²) in [5, 5.41) is 2.05. The number of hydrogen-bond donors (Lipinski definition) is 0. The first kappa shape index (κ1) is 24.6. The molecular weight excluding hydrogens is 502 g/mol. The molecule has 3 atom stereocenters. The zero-order valence-electron chi connectivity index (χ0n) is 21.5. The summed E-state index contributed by atoms with van der Waals surface area (Å²) in [4.78, 5) is 51.4. The Hall–Kier alpha value is -3.69. The van der Waals surface area contributed by atoms with Gasteiger partial charge in [-0.2, -0.15) is 0 Å². The van der Waals surface area contributed by atoms with Gasteiger partial charge in [0.2, 0.25) is 5.91 Å². The molecule has 2 amide bonds. The molecule has 6 rings (SSSR count). The lowest BCUT2D eigenvalue weighted by atomic mass is 9.90. The number of aryl methyl sites for hydroxylation is 1. The Morgan fingerprint density at radius 2 is 1.71 bits per heavy atom. The van der Waals surface area contributed by atoms with Crippen LogP contribution in [-0.2, 0) is 32.0 Å². The topological polar surface area (TPSA) is 79.4 Å². The van der Waals surface area contributed by atoms with Crippen molar-refractivity contribution >= 4 is 45.5 Å². The zero-order chi connectivity index (χ0) is 26.6. The summed E-state index contributed by atoms with van der Waals surface area (Å²) in [7, 11) is 5.27. The predicted octanol–water partition coefficient (Wildman–Crippen LogP) is 4.53. The Balaban J connectivity index is 1.44. The standard InChI is InChI=1S/C29H29N3O5S/c1-30(2)18-15-13-17(14-16-18)24-23-25(37-32(24)19-9-5-4-6-10-19)27(34)31(26(23)33)28-22(29(35)36-3)20-11-7-8-12-21(20)38-28/h4-6,9-10,13-16,23-25H,7-8,11-12H2,1-3H3/t23-,24-,25+/m0/s1. The van der Waals surface area contributed by atoms with Crippen molar-refractivity contribution in [1.82, 2.24) is 0 Å². The van der Waals surface area contributed by atoms with Crippen LogP contribution in [0.1, 0.15) is 45.2 Å². The van der Waals surface area contributed by atoms with Crippen LogP contribution in [0.25, 0.3) is 0 Å². The number of anilines is 3. The highest BCUT2D eigenvalue weighted by molar-refractivity contribution is 7.17. The van der Waals surface area contributed by atoms with Crippen LogP contribution in [-0.4, -0.2) is 45.1 Å². The van der Waals surface area contributed by atoms with Crippen LogP contribution in [0.15, 0.2) is 54.6 Å². The van der Waals surface area contributed by atoms with E-state index in [1.54, 1.807) is 5.06 Å². The van der Waals surface area contributed by atoms with Crippen LogP contribution < -0.4 is 14.9 Å². The van der Waals surface area contributed by atoms with Crippen LogP contribution in [0, 0.1) is 5.92 Å². The molecule has 2 saturated heterocycles. The molecule has 9 heteroatoms. The maximum atomic E-state index is 14.2. The van der Waals surface area contributed by atoms with Gasteiger partial charge in [-0.15, -0.1) is 11.3 Å². The fourth-order valence-corrected chi connectivity index (χ4v) is 7.13. The number of methoxy groups -OCH3 is 1. The number of carbonyl (C=O) groups excluding carboxylic acids is 3. The lowest BCUT2D eigenvalue weighted by Gasteiger charge is -2.29. The van der Waals surface area contributed by atoms with E-state index < -0.39 is 29.9 Å². The summed E-state index contributed by atoms with van der Waals surface area (Å²) in [6.07, 6.45) is 2.54. The average molecular weight is 532 g/mol. The summed E-state index contributed by atoms with van der Waals surface area (Å²) in [5.74, 6) is -2.08. The second-order valence-electron chi connectivity index (χ2n) is 10.0. The van der Waals surface area contributed by atoms with Crippen molar-refractivity contribution < 1.29 is 24.0 Å². The number of hydroxylamine groups is 1. The summed E-state index contributed by atoms with van der Waals surface area (Å²) in [6, 6.07) is 16.9. The molecule has 3 aromatic rings. The first-order chi connectivity index (χ1) is 18.4. The molecule has 0 saturated carbocycles. The quantitative estimate of drug-likeness (QED) is 0.354. The van der Waals surface area contributed by atoms with Crippen LogP contribution >= 0.6 is 11.3 Å². The zero-order valence-corrected chi connectivity index (χ0v) is 22.4. The van der Waals surface area contributed by atoms with Crippen molar-refractivity contribution in [1.29, 1.82) is 0 Å². The molecule has 1 aliphatic carbocycles. The predicted molar refractivity (Wildman–Crippen MR) is 146 cm³/mol. The van der Waals surface area contributed by atoms with Crippen molar-refractivity contribution in [2.24, 2.45) is 5.92 Å². The molecule has 38 heavy (non-hydrogen) atoms. The van der Waals surface area contributed by atoms with E-state index in [0.29, 0.717) is 10.6 Å². The number of fused-ring (bicyclic) bond motifs is 2. The van der Waals surface area contributed by atoms with Crippen LogP contribution in [0.2, 0.25) is 0 Å². The molecule has 0 N–H and O–H groups in total. The van der Waals surface area contributed by atoms with Crippen LogP contribution in [0.5, 0.6) is 0 Å². The molecule has 3 aliphatic rings. The van der Waals surface area contributed by atoms with Crippen molar-refractivity contribution in [2.45, 2.75) is 37.8 Å². The normalized spacial score (nSPS) is 22.4. The Kier molecular flexibility index (Phi) is 6.20. The number of esters is 1. The van der Waals surface area contributed by atoms with Gasteiger partial charge in [0.15, 0.2) is 6.10 Å². The molecule has 1 aromatic heterocycles. The number of benzene rings is 2. The van der Waals surface area contributed by atoms with E-state index in [4.69, 9.17) is 9.57 Å². The number of rotatable bonds is 5. The number of ether oxygens (including phenoxy) is 1. The van der Waals surface area contributed by atoms with Crippen molar-refractivity contribution in [3.8, 4) is 0 Å². The molecule has 0 spiro atoms. The lowest BCUT2D eigenvalue weighted by Crippen LogP contribution is -2.37. The Morgan fingerprint density at radius 3 is 2.39 bits per heavy atom. The SMILES string of the molecule is COC(=O)c1c(N2C(=O)[C@@H]3[C@@H](ON(c4ccccc4)[C@H]3c3ccc(N(C)C)cc3)C2=O)sc2c1CCCC2. The van der Waals surface area contributed by atoms with Gasteiger partial charge in [-0.05, 0) is 61.1 Å². The van der Waals surface area contributed by atoms with E-state index in [1.165, 1.54) is 23.3 Å². The first-order valence-electron chi connectivity index (χ1n) is 12.8. The molecular formula is C29H29N3O5S. The summed E-state index contributed by atoms with van der Waals surface area (Å²) in [6.45, 7) is 0. The van der Waals surface area contributed by atoms with E-state index in [-0.39, 0.29) is 5.91 Å². The van der Waals surface area contributed by atoms with Gasteiger partial charge >= 0.3 is 5.97 Å². The maximum absolute atomic E-state index is 14.2. The number of para-hydroxylation sites is 1. The Labute approximate surface area is 225 Å². The fourth-order valence-electron chi connectivity index (χ4n) is 5.74. The van der Waals surface area contributed by atoms with Crippen LogP contribution in [0.3, 0.4) is 0 Å². The van der Waals surface area contributed by atoms with Crippen LogP contribution in [0.4, 0.5) is 16.4 Å². The highest BCUT2D eigenvalue weighted by Gasteiger charge is 2.61. The molecule has 0 radical (unpaired) electrons. The highest BCUT2D eigenvalue weighted by Crippen LogP contribution is 2.50. The number of hydrogen-bond acceptors (Lipinski definition) is 8. The average Bonchev–Trinajstić information content (AvgIpc) is 3.59. The van der Waals surface area contributed by atoms with Crippen molar-refractivity contribution in [3.05, 3.63) is 76.2 Å². The molecule has 0 bridgehead atoms. The van der Waals surface area contributed by atoms with E-state index in [9.17, 15) is 14.4 Å². The summed E-state index contributed by atoms with van der Waals surface area (Å²) >= 11 is 1.36. The third-order valence-corrected chi connectivity index (χ3v) is 8.90. The van der Waals surface area contributed by atoms with Gasteiger partial charge < -0.3 is 9.64 Å². The second-order valence-corrected chi connectivity index (χ2v) is 11.1. The minimum absolute atomic E-state index is 0.348. The molecule has 0 unspecified atom stereocenters. The number of carbonyl (C=O) groups is 3. The molecule has 2 aromatic carbocycles. The molecule has 3 heterocycles. The van der Waals surface area contributed by atoms with E-state index in [1.807, 2.05) is 73.6 Å². The number of thiophene rings is 1. The largest absolute Gasteiger partial charge is 0.465 e. The fraction of sp³-hybridized carbons (Fsp3) is 0.345. The van der Waals surface area contributed by atoms with E-state index >= 15 is 0 Å². The van der Waals surface area contributed by atoms with Crippen molar-refractivity contribution in [3.63, 3.8) is 0 Å². The second kappa shape index (κ2) is 9.56. The molecule has 196 valence electrons. The van der Waals surface area contributed by atoms with Crippen molar-refractivity contribution in [2.75, 3.05) is 36.1 Å². The Bertz CT molecular complexity index is 1400. The van der Waals surface area contributed by atoms with Gasteiger partial charge in [0, 0.05) is 24.7 Å². The molecule has 2 aliphatic heterocycles. The highest BCUT2D eigenvalue weighted by atomic mass is 32.1. The molecule has 8 nitrogen and oxygen atoms in total. The Morgan fingerprint density at radius 1 is 1.00 bits per heavy atom. The lowest BCUT2D eigenvalue weighted by molar-refractivity contribution is -0.126. The van der Waals surface area contributed by atoms with Gasteiger partial charge in [-0.1, -0.05) is 30.3 Å².